The standard InChI is InChI=1S/C23H18Cl2F3N5O2/c1-22(35,13-2-4-14(24)5-3-13)23(27,28)11-30-20(34)18-16(25)7-6-15(19(18)26)12-8-9-33-17(10-12)31-21(29)32-33/h2-10,35H,11H2,1H3,(H2,29,32)(H,30,34)/t22-/m0/s1. The number of aliphatic hydroxyl groups is 1. The van der Waals surface area contributed by atoms with Crippen LogP contribution in [0.5, 0.6) is 0 Å². The van der Waals surface area contributed by atoms with Gasteiger partial charge in [0.25, 0.3) is 11.8 Å². The van der Waals surface area contributed by atoms with Gasteiger partial charge in [-0.1, -0.05) is 35.3 Å². The van der Waals surface area contributed by atoms with Gasteiger partial charge >= 0.3 is 0 Å². The Morgan fingerprint density at radius 2 is 1.86 bits per heavy atom. The summed E-state index contributed by atoms with van der Waals surface area (Å²) in [4.78, 5) is 16.7. The maximum absolute atomic E-state index is 15.4. The van der Waals surface area contributed by atoms with Crippen LogP contribution in [0.15, 0.2) is 54.7 Å². The van der Waals surface area contributed by atoms with Gasteiger partial charge in [0, 0.05) is 16.8 Å². The molecule has 2 aromatic heterocycles. The highest BCUT2D eigenvalue weighted by atomic mass is 35.5. The number of aromatic nitrogens is 3. The fourth-order valence-electron chi connectivity index (χ4n) is 3.49. The van der Waals surface area contributed by atoms with Crippen LogP contribution >= 0.6 is 23.2 Å². The Balaban J connectivity index is 1.60. The smallest absolute Gasteiger partial charge is 0.296 e. The summed E-state index contributed by atoms with van der Waals surface area (Å²) in [5.74, 6) is -5.99. The van der Waals surface area contributed by atoms with Crippen molar-refractivity contribution in [2.45, 2.75) is 18.4 Å². The van der Waals surface area contributed by atoms with Gasteiger partial charge in [-0.2, -0.15) is 4.98 Å². The third-order valence-electron chi connectivity index (χ3n) is 5.57. The van der Waals surface area contributed by atoms with Crippen molar-refractivity contribution in [3.05, 3.63) is 81.7 Å². The minimum atomic E-state index is -3.82. The summed E-state index contributed by atoms with van der Waals surface area (Å²) in [5.41, 5.74) is 2.85. The number of nitrogens with one attached hydrogen (secondary N) is 1. The van der Waals surface area contributed by atoms with E-state index in [1.807, 2.05) is 5.32 Å². The minimum absolute atomic E-state index is 0.0106. The highest BCUT2D eigenvalue weighted by Gasteiger charge is 2.50. The number of hydrogen-bond acceptors (Lipinski definition) is 5. The van der Waals surface area contributed by atoms with E-state index in [1.54, 1.807) is 0 Å². The molecule has 0 aliphatic rings. The van der Waals surface area contributed by atoms with Gasteiger partial charge in [0.2, 0.25) is 5.95 Å². The van der Waals surface area contributed by atoms with Gasteiger partial charge < -0.3 is 16.2 Å². The van der Waals surface area contributed by atoms with Crippen LogP contribution in [0.1, 0.15) is 22.8 Å². The molecule has 7 nitrogen and oxygen atoms in total. The molecule has 4 rings (SSSR count). The molecule has 2 heterocycles. The predicted molar refractivity (Wildman–Crippen MR) is 126 cm³/mol. The van der Waals surface area contributed by atoms with E-state index in [9.17, 15) is 18.7 Å². The largest absolute Gasteiger partial charge is 0.379 e. The van der Waals surface area contributed by atoms with Crippen LogP contribution in [0.3, 0.4) is 0 Å². The van der Waals surface area contributed by atoms with Crippen molar-refractivity contribution in [1.29, 1.82) is 0 Å². The molecule has 4 aromatic rings. The zero-order valence-corrected chi connectivity index (χ0v) is 19.6. The van der Waals surface area contributed by atoms with Crippen molar-refractivity contribution in [3.63, 3.8) is 0 Å². The first-order valence-electron chi connectivity index (χ1n) is 10.2. The summed E-state index contributed by atoms with van der Waals surface area (Å²) >= 11 is 11.8. The van der Waals surface area contributed by atoms with Crippen molar-refractivity contribution < 1.29 is 23.1 Å². The van der Waals surface area contributed by atoms with E-state index in [2.05, 4.69) is 10.1 Å². The number of alkyl halides is 2. The first-order valence-corrected chi connectivity index (χ1v) is 10.9. The maximum Gasteiger partial charge on any atom is 0.296 e. The summed E-state index contributed by atoms with van der Waals surface area (Å²) < 4.78 is 46.6. The number of nitrogens with two attached hydrogens (primary N) is 1. The molecule has 0 fully saturated rings. The van der Waals surface area contributed by atoms with E-state index in [0.717, 1.165) is 6.92 Å². The zero-order chi connectivity index (χ0) is 25.5. The topological polar surface area (TPSA) is 106 Å². The zero-order valence-electron chi connectivity index (χ0n) is 18.1. The molecule has 0 bridgehead atoms. The van der Waals surface area contributed by atoms with Crippen LogP contribution in [0.25, 0.3) is 16.8 Å². The second kappa shape index (κ2) is 9.03. The highest BCUT2D eigenvalue weighted by Crippen LogP contribution is 2.38. The van der Waals surface area contributed by atoms with Gasteiger partial charge in [-0.3, -0.25) is 4.79 Å². The number of anilines is 1. The SMILES string of the molecule is C[C@](O)(c1ccc(Cl)cc1)C(F)(F)CNC(=O)c1c(Cl)ccc(-c2ccn3nc(N)nc3c2)c1F. The van der Waals surface area contributed by atoms with Crippen LogP contribution < -0.4 is 11.1 Å². The highest BCUT2D eigenvalue weighted by molar-refractivity contribution is 6.34. The van der Waals surface area contributed by atoms with Gasteiger partial charge in [0.15, 0.2) is 11.2 Å². The average Bonchev–Trinajstić information content (AvgIpc) is 3.17. The molecular formula is C23H18Cl2F3N5O2. The third kappa shape index (κ3) is 4.64. The van der Waals surface area contributed by atoms with Crippen LogP contribution in [-0.4, -0.2) is 38.1 Å². The molecule has 0 saturated heterocycles. The lowest BCUT2D eigenvalue weighted by molar-refractivity contribution is -0.173. The molecule has 12 heteroatoms. The molecule has 0 aliphatic heterocycles. The number of carbonyl (C=O) groups excluding carboxylic acids is 1. The predicted octanol–water partition coefficient (Wildman–Crippen LogP) is 4.70. The van der Waals surface area contributed by atoms with E-state index < -0.39 is 35.4 Å². The number of pyridine rings is 1. The molecule has 0 spiro atoms. The van der Waals surface area contributed by atoms with Crippen molar-refractivity contribution in [2.24, 2.45) is 0 Å². The molecular weight excluding hydrogens is 506 g/mol. The molecule has 1 amide bonds. The first-order chi connectivity index (χ1) is 16.4. The number of benzene rings is 2. The van der Waals surface area contributed by atoms with E-state index in [-0.39, 0.29) is 22.1 Å². The molecule has 0 unspecified atom stereocenters. The number of carbonyl (C=O) groups is 1. The van der Waals surface area contributed by atoms with Gasteiger partial charge in [-0.25, -0.2) is 17.7 Å². The molecule has 0 radical (unpaired) electrons. The Morgan fingerprint density at radius 3 is 2.54 bits per heavy atom. The van der Waals surface area contributed by atoms with Gasteiger partial charge in [0.05, 0.1) is 17.1 Å². The monoisotopic (exact) mass is 523 g/mol. The molecule has 0 saturated carbocycles. The Hall–Kier alpha value is -3.34. The van der Waals surface area contributed by atoms with Crippen molar-refractivity contribution >= 4 is 40.7 Å². The first kappa shape index (κ1) is 24.8. The average molecular weight is 524 g/mol. The normalized spacial score (nSPS) is 13.6. The van der Waals surface area contributed by atoms with E-state index >= 15 is 4.39 Å². The molecule has 1 atom stereocenters. The fraction of sp³-hybridized carbons (Fsp3) is 0.174. The quantitative estimate of drug-likeness (QED) is 0.339. The number of nitrogens with zero attached hydrogens (tertiary/aromatic N) is 3. The van der Waals surface area contributed by atoms with Crippen LogP contribution in [0.4, 0.5) is 19.1 Å². The van der Waals surface area contributed by atoms with Gasteiger partial charge in [-0.15, -0.1) is 5.10 Å². The van der Waals surface area contributed by atoms with Crippen molar-refractivity contribution in [2.75, 3.05) is 12.3 Å². The summed E-state index contributed by atoms with van der Waals surface area (Å²) in [6.07, 6.45) is 1.50. The third-order valence-corrected chi connectivity index (χ3v) is 6.14. The summed E-state index contributed by atoms with van der Waals surface area (Å²) in [7, 11) is 0. The second-order valence-electron chi connectivity index (χ2n) is 7.94. The number of nitrogen functional groups attached to an aromatic ring is 1. The number of halogens is 5. The fourth-order valence-corrected chi connectivity index (χ4v) is 3.85. The molecule has 4 N–H and O–H groups in total. The summed E-state index contributed by atoms with van der Waals surface area (Å²) in [5, 5.41) is 16.4. The Labute approximate surface area is 207 Å². The second-order valence-corrected chi connectivity index (χ2v) is 8.78. The van der Waals surface area contributed by atoms with Crippen LogP contribution in [-0.2, 0) is 5.60 Å². The van der Waals surface area contributed by atoms with Gasteiger partial charge in [-0.05, 0) is 54.4 Å². The Morgan fingerprint density at radius 1 is 1.17 bits per heavy atom. The van der Waals surface area contributed by atoms with Gasteiger partial charge in [0.1, 0.15) is 5.82 Å². The lowest BCUT2D eigenvalue weighted by Gasteiger charge is -2.33. The summed E-state index contributed by atoms with van der Waals surface area (Å²) in [6.45, 7) is -0.379. The number of fused-ring (bicyclic) bond motifs is 1. The van der Waals surface area contributed by atoms with E-state index in [0.29, 0.717) is 16.2 Å². The number of rotatable bonds is 6. The number of hydrogen-bond donors (Lipinski definition) is 3. The lowest BCUT2D eigenvalue weighted by atomic mass is 9.89. The molecule has 35 heavy (non-hydrogen) atoms. The van der Waals surface area contributed by atoms with Crippen molar-refractivity contribution in [3.8, 4) is 11.1 Å². The van der Waals surface area contributed by atoms with Crippen LogP contribution in [0.2, 0.25) is 10.0 Å². The van der Waals surface area contributed by atoms with E-state index in [4.69, 9.17) is 28.9 Å². The van der Waals surface area contributed by atoms with E-state index in [1.165, 1.54) is 59.2 Å². The summed E-state index contributed by atoms with van der Waals surface area (Å²) in [6, 6.07) is 10.8. The molecule has 182 valence electrons. The number of amides is 1. The lowest BCUT2D eigenvalue weighted by Crippen LogP contribution is -2.50. The molecule has 2 aromatic carbocycles. The minimum Gasteiger partial charge on any atom is -0.379 e. The Kier molecular flexibility index (Phi) is 6.39. The van der Waals surface area contributed by atoms with Crippen LogP contribution in [0, 0.1) is 5.82 Å². The van der Waals surface area contributed by atoms with Crippen molar-refractivity contribution in [1.82, 2.24) is 19.9 Å². The maximum atomic E-state index is 15.4. The Bertz CT molecular complexity index is 1420. The molecule has 0 aliphatic carbocycles.